The minimum absolute atomic E-state index is 0.0688. The van der Waals surface area contributed by atoms with Crippen molar-refractivity contribution in [2.45, 2.75) is 20.1 Å². The number of nitrogens with zero attached hydrogens (tertiary/aromatic N) is 2. The van der Waals surface area contributed by atoms with Gasteiger partial charge in [-0.3, -0.25) is 9.48 Å². The van der Waals surface area contributed by atoms with Gasteiger partial charge in [-0.15, -0.1) is 0 Å². The number of alkyl halides is 2. The monoisotopic (exact) mass is 295 g/mol. The number of amides is 1. The van der Waals surface area contributed by atoms with E-state index in [1.807, 2.05) is 6.92 Å². The van der Waals surface area contributed by atoms with Crippen LogP contribution in [-0.2, 0) is 13.6 Å². The van der Waals surface area contributed by atoms with Crippen LogP contribution >= 0.6 is 0 Å². The summed E-state index contributed by atoms with van der Waals surface area (Å²) in [5, 5.41) is 6.83. The molecule has 0 aliphatic rings. The number of halogens is 2. The molecular weight excluding hydrogens is 280 g/mol. The molecule has 0 radical (unpaired) electrons. The van der Waals surface area contributed by atoms with Crippen molar-refractivity contribution in [2.24, 2.45) is 7.05 Å². The first-order chi connectivity index (χ1) is 9.97. The van der Waals surface area contributed by atoms with E-state index in [2.05, 4.69) is 15.2 Å². The van der Waals surface area contributed by atoms with Crippen LogP contribution in [-0.4, -0.2) is 22.3 Å². The largest absolute Gasteiger partial charge is 0.434 e. The third-order valence-corrected chi connectivity index (χ3v) is 2.90. The molecule has 1 aromatic carbocycles. The summed E-state index contributed by atoms with van der Waals surface area (Å²) in [5.41, 5.74) is 1.73. The standard InChI is InChI=1S/C14H15F2N3O2/c1-9-10(8-19(2)18-9)7-17-13(20)11-5-3-4-6-12(11)21-14(15)16/h3-6,8,14H,7H2,1-2H3,(H,17,20). The van der Waals surface area contributed by atoms with Crippen LogP contribution in [0.1, 0.15) is 21.6 Å². The highest BCUT2D eigenvalue weighted by Crippen LogP contribution is 2.20. The Morgan fingerprint density at radius 2 is 2.14 bits per heavy atom. The number of aromatic nitrogens is 2. The van der Waals surface area contributed by atoms with Gasteiger partial charge in [0.1, 0.15) is 5.75 Å². The van der Waals surface area contributed by atoms with Crippen LogP contribution in [0, 0.1) is 6.92 Å². The Balaban J connectivity index is 2.08. The van der Waals surface area contributed by atoms with Crippen molar-refractivity contribution in [3.8, 4) is 5.75 Å². The maximum atomic E-state index is 12.3. The number of rotatable bonds is 5. The van der Waals surface area contributed by atoms with Crippen molar-refractivity contribution in [3.63, 3.8) is 0 Å². The van der Waals surface area contributed by atoms with Gasteiger partial charge in [0.2, 0.25) is 0 Å². The molecule has 0 bridgehead atoms. The molecule has 1 N–H and O–H groups in total. The lowest BCUT2D eigenvalue weighted by Gasteiger charge is -2.10. The molecule has 0 spiro atoms. The first kappa shape index (κ1) is 15.0. The third kappa shape index (κ3) is 3.77. The number of carbonyl (C=O) groups excluding carboxylic acids is 1. The molecule has 21 heavy (non-hydrogen) atoms. The fraction of sp³-hybridized carbons (Fsp3) is 0.286. The normalized spacial score (nSPS) is 10.7. The molecule has 1 heterocycles. The van der Waals surface area contributed by atoms with E-state index in [-0.39, 0.29) is 17.9 Å². The Hall–Kier alpha value is -2.44. The highest BCUT2D eigenvalue weighted by molar-refractivity contribution is 5.96. The van der Waals surface area contributed by atoms with Crippen LogP contribution in [0.3, 0.4) is 0 Å². The van der Waals surface area contributed by atoms with E-state index >= 15 is 0 Å². The topological polar surface area (TPSA) is 56.2 Å². The molecule has 0 fully saturated rings. The molecule has 1 amide bonds. The Labute approximate surface area is 120 Å². The highest BCUT2D eigenvalue weighted by atomic mass is 19.3. The van der Waals surface area contributed by atoms with Crippen LogP contribution in [0.4, 0.5) is 8.78 Å². The van der Waals surface area contributed by atoms with E-state index in [4.69, 9.17) is 0 Å². The lowest BCUT2D eigenvalue weighted by atomic mass is 10.2. The molecule has 0 unspecified atom stereocenters. The van der Waals surface area contributed by atoms with Gasteiger partial charge in [-0.1, -0.05) is 12.1 Å². The van der Waals surface area contributed by atoms with Crippen molar-refractivity contribution in [2.75, 3.05) is 0 Å². The second-order valence-corrected chi connectivity index (χ2v) is 4.47. The van der Waals surface area contributed by atoms with Crippen LogP contribution < -0.4 is 10.1 Å². The van der Waals surface area contributed by atoms with Crippen molar-refractivity contribution in [1.82, 2.24) is 15.1 Å². The van der Waals surface area contributed by atoms with E-state index in [1.54, 1.807) is 24.0 Å². The second-order valence-electron chi connectivity index (χ2n) is 4.47. The van der Waals surface area contributed by atoms with E-state index < -0.39 is 12.5 Å². The van der Waals surface area contributed by atoms with Gasteiger partial charge < -0.3 is 10.1 Å². The lowest BCUT2D eigenvalue weighted by Crippen LogP contribution is -2.24. The maximum Gasteiger partial charge on any atom is 0.387 e. The SMILES string of the molecule is Cc1nn(C)cc1CNC(=O)c1ccccc1OC(F)F. The number of ether oxygens (including phenoxy) is 1. The predicted octanol–water partition coefficient (Wildman–Crippen LogP) is 2.26. The molecule has 0 aliphatic heterocycles. The summed E-state index contributed by atoms with van der Waals surface area (Å²) >= 11 is 0. The van der Waals surface area contributed by atoms with Crippen molar-refractivity contribution in [1.29, 1.82) is 0 Å². The van der Waals surface area contributed by atoms with Crippen LogP contribution in [0.25, 0.3) is 0 Å². The number of carbonyl (C=O) groups is 1. The molecule has 0 saturated carbocycles. The fourth-order valence-electron chi connectivity index (χ4n) is 1.95. The van der Waals surface area contributed by atoms with Gasteiger partial charge in [0, 0.05) is 25.4 Å². The van der Waals surface area contributed by atoms with Gasteiger partial charge in [0.05, 0.1) is 11.3 Å². The quantitative estimate of drug-likeness (QED) is 0.920. The van der Waals surface area contributed by atoms with Gasteiger partial charge >= 0.3 is 6.61 Å². The summed E-state index contributed by atoms with van der Waals surface area (Å²) < 4.78 is 30.6. The number of aryl methyl sites for hydroxylation is 2. The average Bonchev–Trinajstić information content (AvgIpc) is 2.74. The molecule has 112 valence electrons. The molecule has 5 nitrogen and oxygen atoms in total. The second kappa shape index (κ2) is 6.34. The van der Waals surface area contributed by atoms with E-state index in [0.717, 1.165) is 11.3 Å². The van der Waals surface area contributed by atoms with Crippen molar-refractivity contribution < 1.29 is 18.3 Å². The van der Waals surface area contributed by atoms with Crippen LogP contribution in [0.15, 0.2) is 30.5 Å². The Morgan fingerprint density at radius 1 is 1.43 bits per heavy atom. The molecule has 2 aromatic rings. The summed E-state index contributed by atoms with van der Waals surface area (Å²) in [7, 11) is 1.78. The van der Waals surface area contributed by atoms with Gasteiger partial charge in [0.15, 0.2) is 0 Å². The van der Waals surface area contributed by atoms with E-state index in [0.29, 0.717) is 0 Å². The summed E-state index contributed by atoms with van der Waals surface area (Å²) in [6, 6.07) is 5.88. The smallest absolute Gasteiger partial charge is 0.387 e. The van der Waals surface area contributed by atoms with Crippen LogP contribution in [0.2, 0.25) is 0 Å². The first-order valence-electron chi connectivity index (χ1n) is 6.28. The average molecular weight is 295 g/mol. The van der Waals surface area contributed by atoms with Crippen LogP contribution in [0.5, 0.6) is 5.75 Å². The number of hydrogen-bond acceptors (Lipinski definition) is 3. The van der Waals surface area contributed by atoms with Gasteiger partial charge in [-0.2, -0.15) is 13.9 Å². The molecule has 0 aliphatic carbocycles. The third-order valence-electron chi connectivity index (χ3n) is 2.90. The molecular formula is C14H15F2N3O2. The zero-order chi connectivity index (χ0) is 15.4. The lowest BCUT2D eigenvalue weighted by molar-refractivity contribution is -0.0501. The van der Waals surface area contributed by atoms with E-state index in [9.17, 15) is 13.6 Å². The molecule has 0 atom stereocenters. The fourth-order valence-corrected chi connectivity index (χ4v) is 1.95. The first-order valence-corrected chi connectivity index (χ1v) is 6.28. The number of hydrogen-bond donors (Lipinski definition) is 1. The Kier molecular flexibility index (Phi) is 4.52. The van der Waals surface area contributed by atoms with Gasteiger partial charge in [-0.25, -0.2) is 0 Å². The summed E-state index contributed by atoms with van der Waals surface area (Å²) in [6.45, 7) is -0.879. The minimum atomic E-state index is -2.97. The Bertz CT molecular complexity index is 641. The van der Waals surface area contributed by atoms with Crippen molar-refractivity contribution >= 4 is 5.91 Å². The maximum absolute atomic E-state index is 12.3. The molecule has 2 rings (SSSR count). The van der Waals surface area contributed by atoms with Crippen molar-refractivity contribution in [3.05, 3.63) is 47.3 Å². The molecule has 1 aromatic heterocycles. The summed E-state index contributed by atoms with van der Waals surface area (Å²) in [6.07, 6.45) is 1.79. The molecule has 0 saturated heterocycles. The Morgan fingerprint density at radius 3 is 2.76 bits per heavy atom. The van der Waals surface area contributed by atoms with Gasteiger partial charge in [-0.05, 0) is 19.1 Å². The summed E-state index contributed by atoms with van der Waals surface area (Å²) in [5.74, 6) is -0.623. The zero-order valence-corrected chi connectivity index (χ0v) is 11.6. The number of benzene rings is 1. The van der Waals surface area contributed by atoms with Gasteiger partial charge in [0.25, 0.3) is 5.91 Å². The number of nitrogens with one attached hydrogen (secondary N) is 1. The molecule has 7 heteroatoms. The zero-order valence-electron chi connectivity index (χ0n) is 11.6. The number of para-hydroxylation sites is 1. The van der Waals surface area contributed by atoms with E-state index in [1.165, 1.54) is 18.2 Å². The highest BCUT2D eigenvalue weighted by Gasteiger charge is 2.15. The summed E-state index contributed by atoms with van der Waals surface area (Å²) in [4.78, 5) is 12.1. The minimum Gasteiger partial charge on any atom is -0.434 e. The predicted molar refractivity (Wildman–Crippen MR) is 72.2 cm³/mol.